The van der Waals surface area contributed by atoms with E-state index >= 15 is 0 Å². The van der Waals surface area contributed by atoms with E-state index in [2.05, 4.69) is 4.98 Å². The average Bonchev–Trinajstić information content (AvgIpc) is 2.74. The van der Waals surface area contributed by atoms with Gasteiger partial charge in [0, 0.05) is 24.0 Å². The van der Waals surface area contributed by atoms with Crippen molar-refractivity contribution in [3.05, 3.63) is 59.7 Å². The summed E-state index contributed by atoms with van der Waals surface area (Å²) < 4.78 is 55.1. The fraction of sp³-hybridized carbons (Fsp3) is 0.238. The number of fused-ring (bicyclic) bond motifs is 1. The van der Waals surface area contributed by atoms with Crippen LogP contribution in [0.5, 0.6) is 0 Å². The zero-order valence-electron chi connectivity index (χ0n) is 15.8. The number of hydrogen-bond acceptors (Lipinski definition) is 4. The first kappa shape index (κ1) is 20.4. The fourth-order valence-corrected chi connectivity index (χ4v) is 5.17. The summed E-state index contributed by atoms with van der Waals surface area (Å²) in [4.78, 5) is 16.1. The number of halogens is 2. The third kappa shape index (κ3) is 3.66. The molecule has 2 heterocycles. The Labute approximate surface area is 171 Å². The molecule has 1 aliphatic rings. The fourth-order valence-electron chi connectivity index (χ4n) is 3.63. The molecule has 0 spiro atoms. The Bertz CT molecular complexity index is 1260. The molecule has 0 aliphatic carbocycles. The predicted molar refractivity (Wildman–Crippen MR) is 107 cm³/mol. The van der Waals surface area contributed by atoms with Gasteiger partial charge in [-0.25, -0.2) is 27.0 Å². The van der Waals surface area contributed by atoms with Gasteiger partial charge in [-0.1, -0.05) is 6.42 Å². The van der Waals surface area contributed by atoms with E-state index in [1.54, 1.807) is 0 Å². The first-order valence-corrected chi connectivity index (χ1v) is 10.8. The van der Waals surface area contributed by atoms with Crippen LogP contribution in [0.4, 0.5) is 8.78 Å². The molecule has 2 aromatic carbocycles. The summed E-state index contributed by atoms with van der Waals surface area (Å²) in [5, 5.41) is 9.78. The van der Waals surface area contributed by atoms with Gasteiger partial charge in [0.25, 0.3) is 0 Å². The second-order valence-electron chi connectivity index (χ2n) is 7.13. The molecular formula is C21H18F2N2O4S. The van der Waals surface area contributed by atoms with Gasteiger partial charge < -0.3 is 5.11 Å². The van der Waals surface area contributed by atoms with Gasteiger partial charge in [0.15, 0.2) is 0 Å². The summed E-state index contributed by atoms with van der Waals surface area (Å²) in [6, 6.07) is 7.97. The van der Waals surface area contributed by atoms with Crippen molar-refractivity contribution in [2.45, 2.75) is 24.2 Å². The molecule has 30 heavy (non-hydrogen) atoms. The van der Waals surface area contributed by atoms with Gasteiger partial charge in [0.2, 0.25) is 10.0 Å². The normalized spacial score (nSPS) is 15.4. The molecule has 0 radical (unpaired) electrons. The first-order valence-electron chi connectivity index (χ1n) is 9.41. The van der Waals surface area contributed by atoms with Gasteiger partial charge in [-0.05, 0) is 55.3 Å². The zero-order valence-corrected chi connectivity index (χ0v) is 16.6. The van der Waals surface area contributed by atoms with Crippen LogP contribution in [0.15, 0.2) is 47.4 Å². The van der Waals surface area contributed by atoms with Crippen LogP contribution in [-0.2, 0) is 10.0 Å². The monoisotopic (exact) mass is 432 g/mol. The third-order valence-corrected chi connectivity index (χ3v) is 7.06. The van der Waals surface area contributed by atoms with Crippen molar-refractivity contribution >= 4 is 26.9 Å². The summed E-state index contributed by atoms with van der Waals surface area (Å²) in [5.74, 6) is -2.76. The van der Waals surface area contributed by atoms with Gasteiger partial charge in [0.1, 0.15) is 11.6 Å². The Balaban J connectivity index is 1.88. The summed E-state index contributed by atoms with van der Waals surface area (Å²) >= 11 is 0. The van der Waals surface area contributed by atoms with Crippen molar-refractivity contribution in [2.75, 3.05) is 13.1 Å². The van der Waals surface area contributed by atoms with Crippen molar-refractivity contribution in [2.24, 2.45) is 0 Å². The average molecular weight is 432 g/mol. The number of piperidine rings is 1. The number of benzene rings is 2. The van der Waals surface area contributed by atoms with Crippen LogP contribution in [0.2, 0.25) is 0 Å². The molecule has 156 valence electrons. The number of aromatic carboxylic acids is 1. The molecule has 0 saturated carbocycles. The molecule has 1 N–H and O–H groups in total. The second kappa shape index (κ2) is 7.73. The van der Waals surface area contributed by atoms with Crippen LogP contribution in [0.1, 0.15) is 29.6 Å². The number of rotatable bonds is 4. The van der Waals surface area contributed by atoms with E-state index < -0.39 is 27.6 Å². The molecule has 1 saturated heterocycles. The molecule has 3 aromatic rings. The summed E-state index contributed by atoms with van der Waals surface area (Å²) in [6.07, 6.45) is 2.52. The predicted octanol–water partition coefficient (Wildman–Crippen LogP) is 4.05. The lowest BCUT2D eigenvalue weighted by Crippen LogP contribution is -2.35. The highest BCUT2D eigenvalue weighted by atomic mass is 32.2. The van der Waals surface area contributed by atoms with E-state index in [1.165, 1.54) is 22.5 Å². The van der Waals surface area contributed by atoms with Crippen molar-refractivity contribution in [3.63, 3.8) is 0 Å². The Kier molecular flexibility index (Phi) is 5.25. The maximum Gasteiger partial charge on any atom is 0.336 e. The highest BCUT2D eigenvalue weighted by Crippen LogP contribution is 2.30. The molecule has 6 nitrogen and oxygen atoms in total. The van der Waals surface area contributed by atoms with Gasteiger partial charge in [-0.15, -0.1) is 0 Å². The van der Waals surface area contributed by atoms with Crippen molar-refractivity contribution in [1.29, 1.82) is 0 Å². The van der Waals surface area contributed by atoms with Gasteiger partial charge in [-0.3, -0.25) is 0 Å². The number of carboxylic acid groups (broad SMARTS) is 1. The van der Waals surface area contributed by atoms with E-state index in [4.69, 9.17) is 0 Å². The number of aromatic nitrogens is 1. The molecule has 0 unspecified atom stereocenters. The molecule has 1 fully saturated rings. The van der Waals surface area contributed by atoms with Gasteiger partial charge in [-0.2, -0.15) is 4.31 Å². The van der Waals surface area contributed by atoms with E-state index in [1.807, 2.05) is 0 Å². The lowest BCUT2D eigenvalue weighted by Gasteiger charge is -2.26. The molecule has 0 amide bonds. The zero-order chi connectivity index (χ0) is 21.5. The lowest BCUT2D eigenvalue weighted by molar-refractivity contribution is 0.0699. The lowest BCUT2D eigenvalue weighted by atomic mass is 10.0. The summed E-state index contributed by atoms with van der Waals surface area (Å²) in [5.41, 5.74) is -0.298. The minimum absolute atomic E-state index is 0.0223. The molecule has 4 rings (SSSR count). The molecule has 1 aliphatic heterocycles. The smallest absolute Gasteiger partial charge is 0.336 e. The van der Waals surface area contributed by atoms with Crippen LogP contribution < -0.4 is 0 Å². The van der Waals surface area contributed by atoms with E-state index in [0.717, 1.165) is 43.5 Å². The van der Waals surface area contributed by atoms with E-state index in [-0.39, 0.29) is 32.6 Å². The van der Waals surface area contributed by atoms with Gasteiger partial charge >= 0.3 is 5.97 Å². The van der Waals surface area contributed by atoms with Crippen LogP contribution in [0, 0.1) is 11.6 Å². The first-order chi connectivity index (χ1) is 14.3. The minimum Gasteiger partial charge on any atom is -0.478 e. The van der Waals surface area contributed by atoms with E-state index in [9.17, 15) is 27.1 Å². The molecular weight excluding hydrogens is 414 g/mol. The molecule has 9 heteroatoms. The summed E-state index contributed by atoms with van der Waals surface area (Å²) in [6.45, 7) is 0.838. The van der Waals surface area contributed by atoms with Crippen molar-refractivity contribution in [1.82, 2.24) is 9.29 Å². The largest absolute Gasteiger partial charge is 0.478 e. The minimum atomic E-state index is -3.77. The maximum absolute atomic E-state index is 14.2. The highest BCUT2D eigenvalue weighted by molar-refractivity contribution is 7.89. The number of carboxylic acids is 1. The van der Waals surface area contributed by atoms with Gasteiger partial charge in [0.05, 0.1) is 21.7 Å². The summed E-state index contributed by atoms with van der Waals surface area (Å²) in [7, 11) is -3.77. The number of pyridine rings is 1. The number of nitrogens with zero attached hydrogens (tertiary/aromatic N) is 2. The Morgan fingerprint density at radius 2 is 1.73 bits per heavy atom. The van der Waals surface area contributed by atoms with Crippen LogP contribution in [-0.4, -0.2) is 41.9 Å². The van der Waals surface area contributed by atoms with Crippen LogP contribution in [0.25, 0.3) is 22.2 Å². The highest BCUT2D eigenvalue weighted by Gasteiger charge is 2.27. The Morgan fingerprint density at radius 3 is 2.43 bits per heavy atom. The second-order valence-corrected chi connectivity index (χ2v) is 9.07. The van der Waals surface area contributed by atoms with Crippen LogP contribution >= 0.6 is 0 Å². The van der Waals surface area contributed by atoms with Crippen LogP contribution in [0.3, 0.4) is 0 Å². The molecule has 1 aromatic heterocycles. The van der Waals surface area contributed by atoms with E-state index in [0.29, 0.717) is 13.1 Å². The van der Waals surface area contributed by atoms with Crippen molar-refractivity contribution < 1.29 is 27.1 Å². The number of hydrogen-bond donors (Lipinski definition) is 1. The third-order valence-electron chi connectivity index (χ3n) is 5.17. The molecule has 0 atom stereocenters. The number of sulfonamides is 1. The van der Waals surface area contributed by atoms with Crippen molar-refractivity contribution in [3.8, 4) is 11.3 Å². The maximum atomic E-state index is 14.2. The Morgan fingerprint density at radius 1 is 1.00 bits per heavy atom. The molecule has 0 bridgehead atoms. The Hall–Kier alpha value is -2.91. The number of carbonyl (C=O) groups is 1. The standard InChI is InChI=1S/C21H18F2N2O4S/c22-13-4-6-18(23)17(10-13)20-12-16(21(26)27)15-11-14(5-7-19(15)24-20)30(28,29)25-8-2-1-3-9-25/h4-7,10-12H,1-3,8-9H2,(H,26,27). The topological polar surface area (TPSA) is 87.6 Å². The quantitative estimate of drug-likeness (QED) is 0.672. The SMILES string of the molecule is O=C(O)c1cc(-c2cc(F)ccc2F)nc2ccc(S(=O)(=O)N3CCCCC3)cc12.